The van der Waals surface area contributed by atoms with Crippen molar-refractivity contribution in [1.82, 2.24) is 14.8 Å². The lowest BCUT2D eigenvalue weighted by molar-refractivity contribution is 0.642. The zero-order chi connectivity index (χ0) is 15.0. The first-order valence-corrected chi connectivity index (χ1v) is 8.06. The standard InChI is InChI=1S/C15H20N4OS/c1-9-7-13(6-3-11(9)8-10(2)16)21-15-18-17-14(20)19(15)12-4-5-12/h3,6-7,10,12H,4-5,8,16H2,1-2H3,(H,17,20). The molecule has 1 aromatic carbocycles. The van der Waals surface area contributed by atoms with E-state index in [1.54, 1.807) is 4.57 Å². The number of nitrogens with one attached hydrogen (secondary N) is 1. The van der Waals surface area contributed by atoms with Crippen LogP contribution in [-0.4, -0.2) is 20.8 Å². The van der Waals surface area contributed by atoms with E-state index in [2.05, 4.69) is 35.3 Å². The maximum Gasteiger partial charge on any atom is 0.344 e. The van der Waals surface area contributed by atoms with E-state index >= 15 is 0 Å². The molecule has 1 aliphatic carbocycles. The molecule has 0 aliphatic heterocycles. The Labute approximate surface area is 127 Å². The van der Waals surface area contributed by atoms with Crippen LogP contribution in [0.5, 0.6) is 0 Å². The van der Waals surface area contributed by atoms with Gasteiger partial charge < -0.3 is 5.73 Å². The summed E-state index contributed by atoms with van der Waals surface area (Å²) >= 11 is 1.53. The number of benzene rings is 1. The monoisotopic (exact) mass is 304 g/mol. The summed E-state index contributed by atoms with van der Waals surface area (Å²) in [6.07, 6.45) is 3.02. The van der Waals surface area contributed by atoms with E-state index in [9.17, 15) is 4.79 Å². The number of aromatic amines is 1. The number of hydrogen-bond donors (Lipinski definition) is 2. The fourth-order valence-corrected chi connectivity index (χ4v) is 3.43. The quantitative estimate of drug-likeness (QED) is 0.888. The summed E-state index contributed by atoms with van der Waals surface area (Å²) in [4.78, 5) is 12.9. The molecule has 2 aromatic rings. The van der Waals surface area contributed by atoms with Crippen LogP contribution in [0.4, 0.5) is 0 Å². The van der Waals surface area contributed by atoms with Crippen LogP contribution in [0.3, 0.4) is 0 Å². The molecule has 3 N–H and O–H groups in total. The van der Waals surface area contributed by atoms with Crippen molar-refractivity contribution in [3.63, 3.8) is 0 Å². The normalized spacial score (nSPS) is 16.1. The van der Waals surface area contributed by atoms with Gasteiger partial charge in [0.05, 0.1) is 0 Å². The molecule has 6 heteroatoms. The van der Waals surface area contributed by atoms with Gasteiger partial charge in [0.2, 0.25) is 0 Å². The highest BCUT2D eigenvalue weighted by molar-refractivity contribution is 7.99. The molecule has 0 saturated heterocycles. The maximum atomic E-state index is 11.8. The van der Waals surface area contributed by atoms with Gasteiger partial charge in [-0.25, -0.2) is 9.89 Å². The van der Waals surface area contributed by atoms with Crippen LogP contribution in [0.15, 0.2) is 33.0 Å². The fourth-order valence-electron chi connectivity index (χ4n) is 2.43. The highest BCUT2D eigenvalue weighted by atomic mass is 32.2. The molecule has 1 aliphatic rings. The summed E-state index contributed by atoms with van der Waals surface area (Å²) in [5.74, 6) is 0. The van der Waals surface area contributed by atoms with Crippen LogP contribution in [0.2, 0.25) is 0 Å². The van der Waals surface area contributed by atoms with E-state index in [-0.39, 0.29) is 11.7 Å². The van der Waals surface area contributed by atoms with Gasteiger partial charge in [0, 0.05) is 17.0 Å². The lowest BCUT2D eigenvalue weighted by Gasteiger charge is -2.10. The molecule has 112 valence electrons. The van der Waals surface area contributed by atoms with E-state index in [4.69, 9.17) is 5.73 Å². The van der Waals surface area contributed by atoms with Gasteiger partial charge in [-0.15, -0.1) is 5.10 Å². The van der Waals surface area contributed by atoms with Gasteiger partial charge in [0.15, 0.2) is 5.16 Å². The van der Waals surface area contributed by atoms with Crippen molar-refractivity contribution >= 4 is 11.8 Å². The number of rotatable bonds is 5. The van der Waals surface area contributed by atoms with E-state index in [0.717, 1.165) is 29.3 Å². The Kier molecular flexibility index (Phi) is 3.91. The molecular formula is C15H20N4OS. The molecular weight excluding hydrogens is 284 g/mol. The van der Waals surface area contributed by atoms with Crippen LogP contribution in [-0.2, 0) is 6.42 Å². The number of aryl methyl sites for hydroxylation is 1. The van der Waals surface area contributed by atoms with Gasteiger partial charge >= 0.3 is 5.69 Å². The molecule has 0 bridgehead atoms. The molecule has 1 unspecified atom stereocenters. The molecule has 1 aromatic heterocycles. The number of nitrogens with two attached hydrogens (primary N) is 1. The largest absolute Gasteiger partial charge is 0.344 e. The zero-order valence-electron chi connectivity index (χ0n) is 12.3. The summed E-state index contributed by atoms with van der Waals surface area (Å²) < 4.78 is 1.77. The Balaban J connectivity index is 1.82. The number of H-pyrrole nitrogens is 1. The average Bonchev–Trinajstić information content (AvgIpc) is 3.18. The van der Waals surface area contributed by atoms with Crippen LogP contribution < -0.4 is 11.4 Å². The lowest BCUT2D eigenvalue weighted by atomic mass is 10.0. The van der Waals surface area contributed by atoms with Crippen molar-refractivity contribution in [3.8, 4) is 0 Å². The van der Waals surface area contributed by atoms with Crippen molar-refractivity contribution in [1.29, 1.82) is 0 Å². The van der Waals surface area contributed by atoms with Gasteiger partial charge in [0.25, 0.3) is 0 Å². The smallest absolute Gasteiger partial charge is 0.328 e. The van der Waals surface area contributed by atoms with Crippen molar-refractivity contribution in [2.45, 2.75) is 55.2 Å². The van der Waals surface area contributed by atoms with E-state index in [1.165, 1.54) is 22.9 Å². The minimum absolute atomic E-state index is 0.106. The molecule has 1 heterocycles. The molecule has 1 fully saturated rings. The van der Waals surface area contributed by atoms with E-state index < -0.39 is 0 Å². The fraction of sp³-hybridized carbons (Fsp3) is 0.467. The van der Waals surface area contributed by atoms with E-state index in [1.807, 2.05) is 6.92 Å². The molecule has 0 radical (unpaired) electrons. The highest BCUT2D eigenvalue weighted by Crippen LogP contribution is 2.37. The molecule has 5 nitrogen and oxygen atoms in total. The third kappa shape index (κ3) is 3.22. The molecule has 0 amide bonds. The molecule has 21 heavy (non-hydrogen) atoms. The Bertz CT molecular complexity index is 700. The van der Waals surface area contributed by atoms with Gasteiger partial charge in [-0.1, -0.05) is 6.07 Å². The second kappa shape index (κ2) is 5.69. The van der Waals surface area contributed by atoms with Crippen molar-refractivity contribution in [3.05, 3.63) is 39.8 Å². The third-order valence-corrected chi connectivity index (χ3v) is 4.61. The number of nitrogens with zero attached hydrogens (tertiary/aromatic N) is 2. The van der Waals surface area contributed by atoms with E-state index in [0.29, 0.717) is 6.04 Å². The summed E-state index contributed by atoms with van der Waals surface area (Å²) in [6.45, 7) is 4.11. The first-order valence-electron chi connectivity index (χ1n) is 7.24. The minimum atomic E-state index is -0.106. The predicted octanol–water partition coefficient (Wildman–Crippen LogP) is 2.26. The second-order valence-corrected chi connectivity index (χ2v) is 6.82. The van der Waals surface area contributed by atoms with Gasteiger partial charge in [-0.3, -0.25) is 4.57 Å². The first-order chi connectivity index (χ1) is 10.0. The molecule has 3 rings (SSSR count). The predicted molar refractivity (Wildman–Crippen MR) is 83.8 cm³/mol. The number of hydrogen-bond acceptors (Lipinski definition) is 4. The number of aromatic nitrogens is 3. The summed E-state index contributed by atoms with van der Waals surface area (Å²) in [5.41, 5.74) is 8.26. The Morgan fingerprint density at radius 3 is 2.90 bits per heavy atom. The van der Waals surface area contributed by atoms with Gasteiger partial charge in [-0.2, -0.15) is 0 Å². The lowest BCUT2D eigenvalue weighted by Crippen LogP contribution is -2.18. The van der Waals surface area contributed by atoms with Crippen LogP contribution >= 0.6 is 11.8 Å². The Morgan fingerprint density at radius 2 is 2.29 bits per heavy atom. The van der Waals surface area contributed by atoms with Gasteiger partial charge in [-0.05, 0) is 68.1 Å². The SMILES string of the molecule is Cc1cc(Sc2n[nH]c(=O)n2C2CC2)ccc1CC(C)N. The van der Waals surface area contributed by atoms with Crippen LogP contribution in [0.25, 0.3) is 0 Å². The third-order valence-electron chi connectivity index (χ3n) is 3.65. The Morgan fingerprint density at radius 1 is 1.52 bits per heavy atom. The summed E-state index contributed by atoms with van der Waals surface area (Å²) in [7, 11) is 0. The zero-order valence-corrected chi connectivity index (χ0v) is 13.1. The van der Waals surface area contributed by atoms with Crippen molar-refractivity contribution in [2.24, 2.45) is 5.73 Å². The Hall–Kier alpha value is -1.53. The molecule has 0 spiro atoms. The molecule has 1 saturated carbocycles. The van der Waals surface area contributed by atoms with Crippen molar-refractivity contribution < 1.29 is 0 Å². The van der Waals surface area contributed by atoms with Crippen molar-refractivity contribution in [2.75, 3.05) is 0 Å². The maximum absolute atomic E-state index is 11.8. The second-order valence-electron chi connectivity index (χ2n) is 5.78. The molecule has 1 atom stereocenters. The summed E-state index contributed by atoms with van der Waals surface area (Å²) in [6, 6.07) is 6.82. The average molecular weight is 304 g/mol. The minimum Gasteiger partial charge on any atom is -0.328 e. The van der Waals surface area contributed by atoms with Gasteiger partial charge in [0.1, 0.15) is 0 Å². The van der Waals surface area contributed by atoms with Crippen LogP contribution in [0.1, 0.15) is 36.9 Å². The highest BCUT2D eigenvalue weighted by Gasteiger charge is 2.28. The topological polar surface area (TPSA) is 76.7 Å². The first kappa shape index (κ1) is 14.4. The van der Waals surface area contributed by atoms with Crippen LogP contribution in [0, 0.1) is 6.92 Å². The summed E-state index contributed by atoms with van der Waals surface area (Å²) in [5, 5.41) is 7.44.